The number of halogens is 1. The molecule has 132 valence electrons. The van der Waals surface area contributed by atoms with E-state index < -0.39 is 0 Å². The number of nitrogens with zero attached hydrogens (tertiary/aromatic N) is 1. The lowest BCUT2D eigenvalue weighted by Gasteiger charge is -2.38. The minimum atomic E-state index is -0.387. The van der Waals surface area contributed by atoms with E-state index in [1.54, 1.807) is 0 Å². The number of ether oxygens (including phenoxy) is 1. The maximum atomic E-state index is 12.2. The van der Waals surface area contributed by atoms with E-state index in [9.17, 15) is 4.79 Å². The zero-order valence-corrected chi connectivity index (χ0v) is 17.7. The molecule has 0 bridgehead atoms. The molecule has 1 saturated heterocycles. The number of esters is 1. The van der Waals surface area contributed by atoms with Crippen LogP contribution in [-0.4, -0.2) is 43.7 Å². The van der Waals surface area contributed by atoms with Gasteiger partial charge in [-0.1, -0.05) is 20.8 Å². The normalized spacial score (nSPS) is 18.5. The van der Waals surface area contributed by atoms with Crippen molar-refractivity contribution < 1.29 is 38.0 Å². The smallest absolute Gasteiger partial charge is 0.311 e. The molecule has 1 rings (SSSR count). The van der Waals surface area contributed by atoms with Gasteiger partial charge < -0.3 is 33.2 Å². The summed E-state index contributed by atoms with van der Waals surface area (Å²) >= 11 is 0. The number of piperidine rings is 1. The van der Waals surface area contributed by atoms with Gasteiger partial charge in [-0.15, -0.1) is 0 Å². The number of quaternary nitrogens is 1. The third-order valence-electron chi connectivity index (χ3n) is 4.50. The summed E-state index contributed by atoms with van der Waals surface area (Å²) in [5.74, 6) is -0.0428. The van der Waals surface area contributed by atoms with Crippen molar-refractivity contribution in [1.29, 1.82) is 0 Å². The summed E-state index contributed by atoms with van der Waals surface area (Å²) in [6.45, 7) is 14.8. The first-order valence-electron chi connectivity index (χ1n) is 8.55. The van der Waals surface area contributed by atoms with Crippen LogP contribution >= 0.6 is 0 Å². The fourth-order valence-electron chi connectivity index (χ4n) is 3.70. The van der Waals surface area contributed by atoms with Gasteiger partial charge in [0.05, 0.1) is 38.7 Å². The molecule has 22 heavy (non-hydrogen) atoms. The predicted octanol–water partition coefficient (Wildman–Crippen LogP) is 1.02. The van der Waals surface area contributed by atoms with Crippen molar-refractivity contribution >= 4 is 5.97 Å². The lowest BCUT2D eigenvalue weighted by molar-refractivity contribution is -0.914. The Bertz CT molecular complexity index is 341. The predicted molar refractivity (Wildman–Crippen MR) is 88.1 cm³/mol. The lowest BCUT2D eigenvalue weighted by Crippen LogP contribution is -3.00. The number of hydrogen-bond donors (Lipinski definition) is 0. The molecule has 0 unspecified atom stereocenters. The van der Waals surface area contributed by atoms with Crippen LogP contribution in [0.15, 0.2) is 0 Å². The number of likely N-dealkylation sites (tertiary alicyclic amines) is 1. The maximum Gasteiger partial charge on any atom is 0.311 e. The van der Waals surface area contributed by atoms with E-state index in [0.717, 1.165) is 23.9 Å². The Labute approximate surface area is 154 Å². The molecule has 1 aliphatic rings. The number of rotatable bonds is 6. The summed E-state index contributed by atoms with van der Waals surface area (Å²) in [6.07, 6.45) is 5.90. The molecule has 4 heteroatoms. The first-order chi connectivity index (χ1) is 9.54. The van der Waals surface area contributed by atoms with Gasteiger partial charge in [0.1, 0.15) is 0 Å². The van der Waals surface area contributed by atoms with E-state index >= 15 is 0 Å². The van der Waals surface area contributed by atoms with Crippen molar-refractivity contribution in [3.05, 3.63) is 0 Å². The van der Waals surface area contributed by atoms with Gasteiger partial charge in [-0.05, 0) is 44.9 Å². The topological polar surface area (TPSA) is 26.3 Å². The number of carbonyl (C=O) groups excluding carboxylic acids is 1. The van der Waals surface area contributed by atoms with Gasteiger partial charge >= 0.3 is 5.97 Å². The third kappa shape index (κ3) is 8.14. The van der Waals surface area contributed by atoms with Crippen LogP contribution < -0.4 is 24.0 Å². The second kappa shape index (κ2) is 8.86. The molecule has 0 N–H and O–H groups in total. The van der Waals surface area contributed by atoms with Gasteiger partial charge in [0.2, 0.25) is 0 Å². The summed E-state index contributed by atoms with van der Waals surface area (Å²) in [6, 6.07) is 0. The number of hydrogen-bond acceptors (Lipinski definition) is 2. The largest absolute Gasteiger partial charge is 1.00 e. The van der Waals surface area contributed by atoms with Crippen LogP contribution in [0.3, 0.4) is 0 Å². The minimum Gasteiger partial charge on any atom is -1.00 e. The Morgan fingerprint density at radius 3 is 2.09 bits per heavy atom. The summed E-state index contributed by atoms with van der Waals surface area (Å²) < 4.78 is 6.70. The van der Waals surface area contributed by atoms with Gasteiger partial charge in [-0.3, -0.25) is 4.79 Å². The molecule has 0 amide bonds. The molecule has 3 nitrogen and oxygen atoms in total. The third-order valence-corrected chi connectivity index (χ3v) is 4.50. The zero-order chi connectivity index (χ0) is 16.1. The van der Waals surface area contributed by atoms with Crippen molar-refractivity contribution in [1.82, 2.24) is 0 Å². The molecule has 0 aromatic heterocycles. The summed E-state index contributed by atoms with van der Waals surface area (Å²) in [7, 11) is 2.34. The average Bonchev–Trinajstić information content (AvgIpc) is 2.32. The quantitative estimate of drug-likeness (QED) is 0.275. The highest BCUT2D eigenvalue weighted by Gasteiger charge is 2.34. The first kappa shape index (κ1) is 22.2. The second-order valence-electron chi connectivity index (χ2n) is 8.96. The van der Waals surface area contributed by atoms with E-state index in [1.807, 2.05) is 13.8 Å². The van der Waals surface area contributed by atoms with Crippen LogP contribution in [0, 0.1) is 10.8 Å². The van der Waals surface area contributed by atoms with Gasteiger partial charge in [0.25, 0.3) is 0 Å². The van der Waals surface area contributed by atoms with Crippen LogP contribution in [0.1, 0.15) is 66.7 Å². The molecule has 1 fully saturated rings. The molecule has 0 radical (unpaired) electrons. The van der Waals surface area contributed by atoms with E-state index in [1.165, 1.54) is 32.4 Å². The van der Waals surface area contributed by atoms with Gasteiger partial charge in [-0.2, -0.15) is 0 Å². The Kier molecular flexibility index (Phi) is 8.92. The maximum absolute atomic E-state index is 12.2. The Morgan fingerprint density at radius 2 is 1.59 bits per heavy atom. The molecule has 0 aromatic carbocycles. The Hall–Kier alpha value is 0.160. The van der Waals surface area contributed by atoms with Crippen LogP contribution in [0.5, 0.6) is 0 Å². The molecular formula is C18H36INO2. The van der Waals surface area contributed by atoms with E-state index in [-0.39, 0.29) is 40.8 Å². The molecule has 0 spiro atoms. The van der Waals surface area contributed by atoms with Crippen LogP contribution in [0.25, 0.3) is 0 Å². The highest BCUT2D eigenvalue weighted by atomic mass is 127. The molecular weight excluding hydrogens is 389 g/mol. The first-order valence-corrected chi connectivity index (χ1v) is 8.55. The summed E-state index contributed by atoms with van der Waals surface area (Å²) in [4.78, 5) is 12.2. The average molecular weight is 425 g/mol. The van der Waals surface area contributed by atoms with E-state index in [0.29, 0.717) is 6.61 Å². The molecule has 1 heterocycles. The van der Waals surface area contributed by atoms with Gasteiger partial charge in [0, 0.05) is 6.42 Å². The highest BCUT2D eigenvalue weighted by molar-refractivity contribution is 5.75. The lowest BCUT2D eigenvalue weighted by atomic mass is 9.76. The molecule has 0 aromatic rings. The SMILES string of the molecule is CC(C)(C)CC(C)(C)C(=O)OCCC[N+]1(C)CCCCC1.[I-]. The summed E-state index contributed by atoms with van der Waals surface area (Å²) in [5, 5.41) is 0. The van der Waals surface area contributed by atoms with Crippen LogP contribution in [0.4, 0.5) is 0 Å². The second-order valence-corrected chi connectivity index (χ2v) is 8.96. The Morgan fingerprint density at radius 1 is 1.05 bits per heavy atom. The van der Waals surface area contributed by atoms with Crippen molar-refractivity contribution in [3.63, 3.8) is 0 Å². The highest BCUT2D eigenvalue weighted by Crippen LogP contribution is 2.34. The standard InChI is InChI=1S/C18H36NO2.HI/c1-17(2,3)15-18(4,5)16(20)21-14-10-13-19(6)11-8-7-9-12-19;/h7-15H2,1-6H3;1H/q+1;/p-1. The monoisotopic (exact) mass is 425 g/mol. The van der Waals surface area contributed by atoms with Crippen molar-refractivity contribution in [3.8, 4) is 0 Å². The van der Waals surface area contributed by atoms with E-state index in [2.05, 4.69) is 27.8 Å². The van der Waals surface area contributed by atoms with Gasteiger partial charge in [-0.25, -0.2) is 0 Å². The molecule has 0 saturated carbocycles. The van der Waals surface area contributed by atoms with Gasteiger partial charge in [0.15, 0.2) is 0 Å². The fourth-order valence-corrected chi connectivity index (χ4v) is 3.70. The molecule has 0 atom stereocenters. The van der Waals surface area contributed by atoms with Crippen LogP contribution in [0.2, 0.25) is 0 Å². The Balaban J connectivity index is 0.00000441. The minimum absolute atomic E-state index is 0. The van der Waals surface area contributed by atoms with Crippen LogP contribution in [-0.2, 0) is 9.53 Å². The summed E-state index contributed by atoms with van der Waals surface area (Å²) in [5.41, 5.74) is -0.239. The van der Waals surface area contributed by atoms with Crippen molar-refractivity contribution in [2.75, 3.05) is 33.3 Å². The van der Waals surface area contributed by atoms with Crippen molar-refractivity contribution in [2.24, 2.45) is 10.8 Å². The molecule has 1 aliphatic heterocycles. The fraction of sp³-hybridized carbons (Fsp3) is 0.944. The zero-order valence-electron chi connectivity index (χ0n) is 15.5. The number of carbonyl (C=O) groups is 1. The van der Waals surface area contributed by atoms with Crippen molar-refractivity contribution in [2.45, 2.75) is 66.7 Å². The molecule has 0 aliphatic carbocycles. The van der Waals surface area contributed by atoms with E-state index in [4.69, 9.17) is 4.74 Å².